The Bertz CT molecular complexity index is 692. The first-order chi connectivity index (χ1) is 8.84. The molecule has 0 saturated heterocycles. The van der Waals surface area contributed by atoms with E-state index < -0.39 is 0 Å². The number of rotatable bonds is 2. The lowest BCUT2D eigenvalue weighted by Gasteiger charge is -2.00. The molecular formula is C12H9N5O. The molecule has 0 bridgehead atoms. The molecule has 2 aromatic heterocycles. The van der Waals surface area contributed by atoms with Gasteiger partial charge in [-0.1, -0.05) is 18.2 Å². The number of hydrogen-bond acceptors (Lipinski definition) is 4. The average molecular weight is 239 g/mol. The predicted octanol–water partition coefficient (Wildman–Crippen LogP) is 1.61. The van der Waals surface area contributed by atoms with Crippen molar-refractivity contribution in [2.75, 3.05) is 5.32 Å². The van der Waals surface area contributed by atoms with Gasteiger partial charge >= 0.3 is 0 Å². The number of fused-ring (bicyclic) bond motifs is 1. The molecule has 0 aliphatic carbocycles. The summed E-state index contributed by atoms with van der Waals surface area (Å²) in [6.45, 7) is 0. The fourth-order valence-corrected chi connectivity index (χ4v) is 1.73. The van der Waals surface area contributed by atoms with Gasteiger partial charge in [0.25, 0.3) is 5.91 Å². The molecule has 3 aromatic rings. The van der Waals surface area contributed by atoms with Crippen LogP contribution in [0.15, 0.2) is 42.9 Å². The van der Waals surface area contributed by atoms with Gasteiger partial charge in [0.15, 0.2) is 0 Å². The average Bonchev–Trinajstić information content (AvgIpc) is 2.84. The van der Waals surface area contributed by atoms with Gasteiger partial charge in [0.1, 0.15) is 0 Å². The Balaban J connectivity index is 1.93. The summed E-state index contributed by atoms with van der Waals surface area (Å²) in [5.41, 5.74) is 1.47. The lowest BCUT2D eigenvalue weighted by molar-refractivity contribution is 0.102. The number of aromatic amines is 1. The molecule has 18 heavy (non-hydrogen) atoms. The van der Waals surface area contributed by atoms with Gasteiger partial charge < -0.3 is 4.98 Å². The zero-order valence-corrected chi connectivity index (χ0v) is 9.29. The second-order valence-corrected chi connectivity index (χ2v) is 3.67. The van der Waals surface area contributed by atoms with Crippen LogP contribution in [0.1, 0.15) is 10.4 Å². The van der Waals surface area contributed by atoms with Crippen LogP contribution in [0.3, 0.4) is 0 Å². The lowest BCUT2D eigenvalue weighted by Crippen LogP contribution is -2.13. The number of carbonyl (C=O) groups excluding carboxylic acids is 1. The minimum absolute atomic E-state index is 0.188. The molecule has 2 N–H and O–H groups in total. The minimum atomic E-state index is -0.263. The Morgan fingerprint density at radius 2 is 2.11 bits per heavy atom. The standard InChI is InChI=1S/C12H9N5O/c18-11(16-12-13-5-6-15-17-12)9-7-14-10-4-2-1-3-8(9)10/h1-7,14H,(H,13,16,17,18). The van der Waals surface area contributed by atoms with Crippen LogP contribution in [-0.4, -0.2) is 26.1 Å². The van der Waals surface area contributed by atoms with Crippen LogP contribution >= 0.6 is 0 Å². The summed E-state index contributed by atoms with van der Waals surface area (Å²) >= 11 is 0. The predicted molar refractivity (Wildman–Crippen MR) is 66.1 cm³/mol. The topological polar surface area (TPSA) is 83.6 Å². The molecule has 0 radical (unpaired) electrons. The van der Waals surface area contributed by atoms with Crippen LogP contribution in [0.4, 0.5) is 5.95 Å². The molecule has 88 valence electrons. The number of nitrogens with zero attached hydrogens (tertiary/aromatic N) is 3. The van der Waals surface area contributed by atoms with Gasteiger partial charge in [0.2, 0.25) is 5.95 Å². The van der Waals surface area contributed by atoms with E-state index in [-0.39, 0.29) is 11.9 Å². The number of carbonyl (C=O) groups is 1. The molecule has 0 unspecified atom stereocenters. The van der Waals surface area contributed by atoms with E-state index in [0.29, 0.717) is 5.56 Å². The number of benzene rings is 1. The van der Waals surface area contributed by atoms with E-state index in [1.807, 2.05) is 24.3 Å². The summed E-state index contributed by atoms with van der Waals surface area (Å²) in [7, 11) is 0. The van der Waals surface area contributed by atoms with Gasteiger partial charge in [-0.25, -0.2) is 4.98 Å². The highest BCUT2D eigenvalue weighted by Gasteiger charge is 2.12. The summed E-state index contributed by atoms with van der Waals surface area (Å²) in [5, 5.41) is 10.8. The third-order valence-electron chi connectivity index (χ3n) is 2.54. The first-order valence-corrected chi connectivity index (χ1v) is 5.36. The van der Waals surface area contributed by atoms with Crippen molar-refractivity contribution in [3.63, 3.8) is 0 Å². The minimum Gasteiger partial charge on any atom is -0.360 e. The third-order valence-corrected chi connectivity index (χ3v) is 2.54. The van der Waals surface area contributed by atoms with Gasteiger partial charge in [-0.2, -0.15) is 5.10 Å². The monoisotopic (exact) mass is 239 g/mol. The molecule has 6 heteroatoms. The Labute approximate surface area is 102 Å². The van der Waals surface area contributed by atoms with E-state index in [1.165, 1.54) is 12.4 Å². The molecule has 3 rings (SSSR count). The van der Waals surface area contributed by atoms with Crippen molar-refractivity contribution in [2.45, 2.75) is 0 Å². The smallest absolute Gasteiger partial charge is 0.260 e. The summed E-state index contributed by atoms with van der Waals surface area (Å²) in [6, 6.07) is 7.58. The number of nitrogens with one attached hydrogen (secondary N) is 2. The molecular weight excluding hydrogens is 230 g/mol. The third kappa shape index (κ3) is 1.80. The number of anilines is 1. The SMILES string of the molecule is O=C(Nc1nccnn1)c1c[nH]c2ccccc12. The maximum atomic E-state index is 12.1. The Hall–Kier alpha value is -2.76. The molecule has 0 aliphatic heterocycles. The van der Waals surface area contributed by atoms with Crippen molar-refractivity contribution in [2.24, 2.45) is 0 Å². The summed E-state index contributed by atoms with van der Waals surface area (Å²) < 4.78 is 0. The molecule has 0 aliphatic rings. The van der Waals surface area contributed by atoms with Crippen LogP contribution in [0.25, 0.3) is 10.9 Å². The summed E-state index contributed by atoms with van der Waals surface area (Å²) in [5.74, 6) is -0.0757. The van der Waals surface area contributed by atoms with Crippen LogP contribution in [-0.2, 0) is 0 Å². The molecule has 2 heterocycles. The first-order valence-electron chi connectivity index (χ1n) is 5.36. The van der Waals surface area contributed by atoms with Crippen molar-refractivity contribution in [3.8, 4) is 0 Å². The Morgan fingerprint density at radius 1 is 1.22 bits per heavy atom. The maximum Gasteiger partial charge on any atom is 0.260 e. The molecule has 0 atom stereocenters. The van der Waals surface area contributed by atoms with Crippen molar-refractivity contribution < 1.29 is 4.79 Å². The second-order valence-electron chi connectivity index (χ2n) is 3.67. The van der Waals surface area contributed by atoms with E-state index >= 15 is 0 Å². The van der Waals surface area contributed by atoms with Gasteiger partial charge in [-0.15, -0.1) is 5.10 Å². The highest BCUT2D eigenvalue weighted by Crippen LogP contribution is 2.18. The molecule has 0 saturated carbocycles. The Kier molecular flexibility index (Phi) is 2.45. The quantitative estimate of drug-likeness (QED) is 0.711. The van der Waals surface area contributed by atoms with Gasteiger partial charge in [0.05, 0.1) is 18.0 Å². The molecule has 0 fully saturated rings. The first kappa shape index (κ1) is 10.4. The summed E-state index contributed by atoms with van der Waals surface area (Å²) in [4.78, 5) is 19.0. The normalized spacial score (nSPS) is 10.4. The van der Waals surface area contributed by atoms with E-state index in [0.717, 1.165) is 10.9 Å². The highest BCUT2D eigenvalue weighted by molar-refractivity contribution is 6.12. The van der Waals surface area contributed by atoms with Gasteiger partial charge in [-0.05, 0) is 6.07 Å². The van der Waals surface area contributed by atoms with Crippen LogP contribution < -0.4 is 5.32 Å². The van der Waals surface area contributed by atoms with Crippen LogP contribution in [0.5, 0.6) is 0 Å². The van der Waals surface area contributed by atoms with Crippen LogP contribution in [0.2, 0.25) is 0 Å². The fraction of sp³-hybridized carbons (Fsp3) is 0. The molecule has 1 aromatic carbocycles. The lowest BCUT2D eigenvalue weighted by atomic mass is 10.1. The number of hydrogen-bond donors (Lipinski definition) is 2. The van der Waals surface area contributed by atoms with Crippen molar-refractivity contribution >= 4 is 22.8 Å². The van der Waals surface area contributed by atoms with Crippen molar-refractivity contribution in [1.29, 1.82) is 0 Å². The second kappa shape index (κ2) is 4.25. The molecule has 6 nitrogen and oxygen atoms in total. The van der Waals surface area contributed by atoms with E-state index in [4.69, 9.17) is 0 Å². The van der Waals surface area contributed by atoms with Gasteiger partial charge in [0, 0.05) is 17.1 Å². The van der Waals surface area contributed by atoms with Crippen molar-refractivity contribution in [3.05, 3.63) is 48.4 Å². The van der Waals surface area contributed by atoms with E-state index in [2.05, 4.69) is 25.5 Å². The van der Waals surface area contributed by atoms with Gasteiger partial charge in [-0.3, -0.25) is 10.1 Å². The van der Waals surface area contributed by atoms with E-state index in [1.54, 1.807) is 6.20 Å². The van der Waals surface area contributed by atoms with Crippen molar-refractivity contribution in [1.82, 2.24) is 20.2 Å². The fourth-order valence-electron chi connectivity index (χ4n) is 1.73. The number of amides is 1. The number of aromatic nitrogens is 4. The highest BCUT2D eigenvalue weighted by atomic mass is 16.1. The summed E-state index contributed by atoms with van der Waals surface area (Å²) in [6.07, 6.45) is 4.58. The Morgan fingerprint density at radius 3 is 2.94 bits per heavy atom. The molecule has 0 spiro atoms. The molecule has 1 amide bonds. The van der Waals surface area contributed by atoms with Crippen LogP contribution in [0, 0.1) is 0 Å². The maximum absolute atomic E-state index is 12.1. The number of H-pyrrole nitrogens is 1. The zero-order valence-electron chi connectivity index (χ0n) is 9.29. The largest absolute Gasteiger partial charge is 0.360 e. The van der Waals surface area contributed by atoms with E-state index in [9.17, 15) is 4.79 Å². The number of para-hydroxylation sites is 1. The zero-order chi connectivity index (χ0) is 12.4.